The Balaban J connectivity index is 2.22. The average molecular weight is 379 g/mol. The summed E-state index contributed by atoms with van der Waals surface area (Å²) in [6.07, 6.45) is 2.87. The number of fused-ring (bicyclic) bond motifs is 1. The topological polar surface area (TPSA) is 84.7 Å². The Bertz CT molecular complexity index is 728. The third kappa shape index (κ3) is 5.59. The summed E-state index contributed by atoms with van der Waals surface area (Å²) in [5.74, 6) is 2.37. The highest BCUT2D eigenvalue weighted by atomic mass is 32.2. The normalized spacial score (nSPS) is 11.5. The van der Waals surface area contributed by atoms with Crippen LogP contribution in [-0.2, 0) is 11.3 Å². The van der Waals surface area contributed by atoms with Crippen molar-refractivity contribution in [1.29, 1.82) is 0 Å². The van der Waals surface area contributed by atoms with E-state index in [1.807, 2.05) is 18.5 Å². The largest absolute Gasteiger partial charge is 0.369 e. The number of carbonyl (C=O) groups excluding carboxylic acids is 1. The van der Waals surface area contributed by atoms with Crippen molar-refractivity contribution in [3.63, 3.8) is 0 Å². The maximum Gasteiger partial charge on any atom is 0.222 e. The van der Waals surface area contributed by atoms with Crippen molar-refractivity contribution in [2.45, 2.75) is 52.7 Å². The third-order valence-electron chi connectivity index (χ3n) is 3.74. The van der Waals surface area contributed by atoms with Crippen LogP contribution in [0.2, 0.25) is 0 Å². The van der Waals surface area contributed by atoms with Gasteiger partial charge in [-0.2, -0.15) is 5.10 Å². The van der Waals surface area contributed by atoms with E-state index in [-0.39, 0.29) is 11.8 Å². The number of carbonyl (C=O) groups is 1. The van der Waals surface area contributed by atoms with Crippen molar-refractivity contribution < 1.29 is 4.79 Å². The highest BCUT2D eigenvalue weighted by molar-refractivity contribution is 7.99. The monoisotopic (exact) mass is 378 g/mol. The molecule has 8 heteroatoms. The first kappa shape index (κ1) is 20.5. The molecule has 0 radical (unpaired) electrons. The summed E-state index contributed by atoms with van der Waals surface area (Å²) in [5, 5.41) is 12.5. The van der Waals surface area contributed by atoms with Crippen LogP contribution in [0.5, 0.6) is 0 Å². The number of anilines is 1. The molecule has 0 aliphatic heterocycles. The molecule has 0 saturated heterocycles. The molecule has 0 saturated carbocycles. The minimum atomic E-state index is -0.0180. The summed E-state index contributed by atoms with van der Waals surface area (Å²) in [6, 6.07) is 0. The minimum Gasteiger partial charge on any atom is -0.369 e. The van der Waals surface area contributed by atoms with Gasteiger partial charge in [-0.3, -0.25) is 4.79 Å². The van der Waals surface area contributed by atoms with E-state index in [2.05, 4.69) is 41.5 Å². The van der Waals surface area contributed by atoms with Crippen molar-refractivity contribution in [2.75, 3.05) is 24.2 Å². The second-order valence-electron chi connectivity index (χ2n) is 7.03. The van der Waals surface area contributed by atoms with Gasteiger partial charge in [0.1, 0.15) is 5.82 Å². The van der Waals surface area contributed by atoms with Gasteiger partial charge < -0.3 is 10.6 Å². The van der Waals surface area contributed by atoms with Crippen LogP contribution in [0, 0.1) is 11.8 Å². The molecular weight excluding hydrogens is 348 g/mol. The molecule has 0 unspecified atom stereocenters. The van der Waals surface area contributed by atoms with Gasteiger partial charge >= 0.3 is 0 Å². The number of nitrogens with one attached hydrogen (secondary N) is 2. The maximum atomic E-state index is 11.7. The van der Waals surface area contributed by atoms with Crippen LogP contribution >= 0.6 is 11.8 Å². The highest BCUT2D eigenvalue weighted by Crippen LogP contribution is 2.25. The van der Waals surface area contributed by atoms with E-state index in [4.69, 9.17) is 4.98 Å². The lowest BCUT2D eigenvalue weighted by molar-refractivity contribution is -0.124. The molecule has 7 nitrogen and oxygen atoms in total. The molecule has 2 N–H and O–H groups in total. The minimum absolute atomic E-state index is 0.0180. The van der Waals surface area contributed by atoms with Crippen molar-refractivity contribution in [3.05, 3.63) is 6.20 Å². The van der Waals surface area contributed by atoms with Crippen LogP contribution in [0.1, 0.15) is 41.0 Å². The predicted molar refractivity (Wildman–Crippen MR) is 108 cm³/mol. The van der Waals surface area contributed by atoms with E-state index in [1.54, 1.807) is 18.0 Å². The van der Waals surface area contributed by atoms with Gasteiger partial charge in [-0.25, -0.2) is 14.6 Å². The van der Waals surface area contributed by atoms with E-state index < -0.39 is 0 Å². The number of amides is 1. The maximum absolute atomic E-state index is 11.7. The zero-order valence-corrected chi connectivity index (χ0v) is 17.2. The fourth-order valence-electron chi connectivity index (χ4n) is 2.28. The summed E-state index contributed by atoms with van der Waals surface area (Å²) in [7, 11) is 0. The predicted octanol–water partition coefficient (Wildman–Crippen LogP) is 3.17. The van der Waals surface area contributed by atoms with Crippen molar-refractivity contribution >= 4 is 34.5 Å². The highest BCUT2D eigenvalue weighted by Gasteiger charge is 2.14. The number of hydrogen-bond donors (Lipinski definition) is 2. The molecule has 0 aliphatic carbocycles. The molecule has 0 atom stereocenters. The van der Waals surface area contributed by atoms with Gasteiger partial charge in [0, 0.05) is 24.8 Å². The first-order chi connectivity index (χ1) is 12.4. The van der Waals surface area contributed by atoms with Crippen molar-refractivity contribution in [3.8, 4) is 0 Å². The van der Waals surface area contributed by atoms with Crippen LogP contribution < -0.4 is 10.6 Å². The summed E-state index contributed by atoms with van der Waals surface area (Å²) in [5.41, 5.74) is 0.809. The van der Waals surface area contributed by atoms with Gasteiger partial charge in [-0.1, -0.05) is 46.4 Å². The molecule has 2 aromatic heterocycles. The number of nitrogens with zero attached hydrogens (tertiary/aromatic N) is 4. The second-order valence-corrected chi connectivity index (χ2v) is 8.09. The summed E-state index contributed by atoms with van der Waals surface area (Å²) >= 11 is 1.66. The van der Waals surface area contributed by atoms with E-state index in [1.165, 1.54) is 0 Å². The fraction of sp³-hybridized carbons (Fsp3) is 0.667. The van der Waals surface area contributed by atoms with Gasteiger partial charge in [0.25, 0.3) is 0 Å². The van der Waals surface area contributed by atoms with Gasteiger partial charge in [0.15, 0.2) is 10.8 Å². The smallest absolute Gasteiger partial charge is 0.222 e. The molecule has 0 aliphatic rings. The summed E-state index contributed by atoms with van der Waals surface area (Å²) < 4.78 is 1.84. The van der Waals surface area contributed by atoms with E-state index in [0.29, 0.717) is 19.0 Å². The van der Waals surface area contributed by atoms with Crippen LogP contribution in [0.3, 0.4) is 0 Å². The molecule has 0 bridgehead atoms. The molecule has 26 heavy (non-hydrogen) atoms. The van der Waals surface area contributed by atoms with E-state index in [0.717, 1.165) is 40.7 Å². The Kier molecular flexibility index (Phi) is 7.68. The second kappa shape index (κ2) is 9.75. The van der Waals surface area contributed by atoms with Gasteiger partial charge in [-0.15, -0.1) is 0 Å². The summed E-state index contributed by atoms with van der Waals surface area (Å²) in [4.78, 5) is 21.1. The fourth-order valence-corrected chi connectivity index (χ4v) is 2.98. The number of thioether (sulfide) groups is 1. The molecule has 144 valence electrons. The Labute approximate surface area is 159 Å². The van der Waals surface area contributed by atoms with E-state index >= 15 is 0 Å². The summed E-state index contributed by atoms with van der Waals surface area (Å²) in [6.45, 7) is 12.2. The Hall–Kier alpha value is -1.83. The zero-order valence-electron chi connectivity index (χ0n) is 16.4. The first-order valence-corrected chi connectivity index (χ1v) is 10.3. The van der Waals surface area contributed by atoms with Gasteiger partial charge in [0.05, 0.1) is 18.1 Å². The van der Waals surface area contributed by atoms with Crippen molar-refractivity contribution in [1.82, 2.24) is 25.1 Å². The standard InChI is InChI=1S/C18H30N6OS/c1-6-9-26-18-22-15(20-10-12(2)3)14-11-21-24(16(14)23-18)8-7-19-17(25)13(4)5/h11-13H,6-10H2,1-5H3,(H,19,25)(H,20,22,23). The Morgan fingerprint density at radius 2 is 2.04 bits per heavy atom. The zero-order chi connectivity index (χ0) is 19.1. The average Bonchev–Trinajstić information content (AvgIpc) is 3.00. The lowest BCUT2D eigenvalue weighted by atomic mass is 10.2. The molecule has 2 heterocycles. The van der Waals surface area contributed by atoms with Gasteiger partial charge in [0.2, 0.25) is 5.91 Å². The third-order valence-corrected chi connectivity index (χ3v) is 4.79. The van der Waals surface area contributed by atoms with Crippen LogP contribution in [0.4, 0.5) is 5.82 Å². The number of hydrogen-bond acceptors (Lipinski definition) is 6. The lowest BCUT2D eigenvalue weighted by Gasteiger charge is -2.11. The van der Waals surface area contributed by atoms with E-state index in [9.17, 15) is 4.79 Å². The number of aromatic nitrogens is 4. The molecule has 1 amide bonds. The molecule has 2 rings (SSSR count). The number of rotatable bonds is 10. The molecule has 0 aromatic carbocycles. The van der Waals surface area contributed by atoms with Crippen LogP contribution in [0.15, 0.2) is 11.4 Å². The molecule has 0 fully saturated rings. The van der Waals surface area contributed by atoms with Gasteiger partial charge in [-0.05, 0) is 12.3 Å². The Morgan fingerprint density at radius 1 is 1.27 bits per heavy atom. The molecule has 0 spiro atoms. The molecular formula is C18H30N6OS. The van der Waals surface area contributed by atoms with Crippen molar-refractivity contribution in [2.24, 2.45) is 11.8 Å². The lowest BCUT2D eigenvalue weighted by Crippen LogP contribution is -2.30. The SMILES string of the molecule is CCCSc1nc(NCC(C)C)c2cnn(CCNC(=O)C(C)C)c2n1. The quantitative estimate of drug-likeness (QED) is 0.488. The van der Waals surface area contributed by atoms with Crippen LogP contribution in [-0.4, -0.2) is 44.5 Å². The first-order valence-electron chi connectivity index (χ1n) is 9.30. The Morgan fingerprint density at radius 3 is 2.69 bits per heavy atom. The molecule has 2 aromatic rings. The van der Waals surface area contributed by atoms with Crippen LogP contribution in [0.25, 0.3) is 11.0 Å².